The quantitative estimate of drug-likeness (QED) is 0.911. The van der Waals surface area contributed by atoms with Crippen LogP contribution < -0.4 is 5.32 Å². The molecule has 6 nitrogen and oxygen atoms in total. The van der Waals surface area contributed by atoms with Gasteiger partial charge in [-0.15, -0.1) is 0 Å². The average molecular weight is 314 g/mol. The first-order chi connectivity index (χ1) is 9.72. The molecule has 0 bridgehead atoms. The zero-order valence-corrected chi connectivity index (χ0v) is 14.2. The van der Waals surface area contributed by atoms with Crippen LogP contribution in [0.25, 0.3) is 0 Å². The van der Waals surface area contributed by atoms with Crippen LogP contribution in [0.2, 0.25) is 0 Å². The summed E-state index contributed by atoms with van der Waals surface area (Å²) in [6, 6.07) is 1.58. The lowest BCUT2D eigenvalue weighted by molar-refractivity contribution is 0.229. The van der Waals surface area contributed by atoms with Crippen LogP contribution in [0.1, 0.15) is 40.0 Å². The molecular weight excluding hydrogens is 288 g/mol. The summed E-state index contributed by atoms with van der Waals surface area (Å²) < 4.78 is 28.8. The maximum atomic E-state index is 12.8. The van der Waals surface area contributed by atoms with E-state index in [-0.39, 0.29) is 16.6 Å². The molecule has 1 N–H and O–H groups in total. The SMILES string of the molecule is Cn1nccc1S(=O)(=O)N1CCCCC1CNC(C)(C)C. The van der Waals surface area contributed by atoms with E-state index in [9.17, 15) is 8.42 Å². The van der Waals surface area contributed by atoms with Crippen LogP contribution in [-0.2, 0) is 17.1 Å². The second-order valence-corrected chi connectivity index (χ2v) is 8.53. The van der Waals surface area contributed by atoms with Gasteiger partial charge in [0.15, 0.2) is 5.03 Å². The fourth-order valence-electron chi connectivity index (χ4n) is 2.65. The van der Waals surface area contributed by atoms with Gasteiger partial charge in [-0.05, 0) is 39.7 Å². The lowest BCUT2D eigenvalue weighted by Crippen LogP contribution is -2.51. The van der Waals surface area contributed by atoms with Crippen molar-refractivity contribution in [3.63, 3.8) is 0 Å². The maximum absolute atomic E-state index is 12.8. The molecule has 2 heterocycles. The van der Waals surface area contributed by atoms with E-state index >= 15 is 0 Å². The lowest BCUT2D eigenvalue weighted by atomic mass is 10.0. The van der Waals surface area contributed by atoms with E-state index < -0.39 is 10.0 Å². The van der Waals surface area contributed by atoms with Crippen LogP contribution in [0.15, 0.2) is 17.3 Å². The van der Waals surface area contributed by atoms with Gasteiger partial charge in [0, 0.05) is 31.7 Å². The number of hydrogen-bond donors (Lipinski definition) is 1. The normalized spacial score (nSPS) is 21.6. The van der Waals surface area contributed by atoms with Crippen molar-refractivity contribution in [2.24, 2.45) is 7.05 Å². The van der Waals surface area contributed by atoms with Gasteiger partial charge in [-0.3, -0.25) is 4.68 Å². The molecule has 0 aromatic carbocycles. The minimum absolute atomic E-state index is 0.0119. The second kappa shape index (κ2) is 6.06. The van der Waals surface area contributed by atoms with E-state index in [1.165, 1.54) is 10.9 Å². The van der Waals surface area contributed by atoms with Crippen molar-refractivity contribution in [3.05, 3.63) is 12.3 Å². The smallest absolute Gasteiger partial charge is 0.260 e. The minimum atomic E-state index is -3.47. The van der Waals surface area contributed by atoms with Gasteiger partial charge in [0.1, 0.15) is 0 Å². The molecule has 1 aliphatic rings. The second-order valence-electron chi connectivity index (χ2n) is 6.69. The van der Waals surface area contributed by atoms with E-state index in [0.29, 0.717) is 13.1 Å². The molecule has 0 spiro atoms. The van der Waals surface area contributed by atoms with Gasteiger partial charge in [0.25, 0.3) is 10.0 Å². The van der Waals surface area contributed by atoms with Crippen molar-refractivity contribution < 1.29 is 8.42 Å². The minimum Gasteiger partial charge on any atom is -0.310 e. The molecule has 0 amide bonds. The Bertz CT molecular complexity index is 574. The summed E-state index contributed by atoms with van der Waals surface area (Å²) in [5.41, 5.74) is -0.0145. The number of hydrogen-bond acceptors (Lipinski definition) is 4. The highest BCUT2D eigenvalue weighted by Crippen LogP contribution is 2.25. The molecule has 1 saturated heterocycles. The Morgan fingerprint density at radius 2 is 2.10 bits per heavy atom. The van der Waals surface area contributed by atoms with Crippen molar-refractivity contribution >= 4 is 10.0 Å². The van der Waals surface area contributed by atoms with Gasteiger partial charge in [0.05, 0.1) is 6.20 Å². The third kappa shape index (κ3) is 3.84. The summed E-state index contributed by atoms with van der Waals surface area (Å²) in [6.07, 6.45) is 4.43. The maximum Gasteiger partial charge on any atom is 0.260 e. The van der Waals surface area contributed by atoms with Gasteiger partial charge in [-0.1, -0.05) is 6.42 Å². The monoisotopic (exact) mass is 314 g/mol. The number of sulfonamides is 1. The van der Waals surface area contributed by atoms with Crippen LogP contribution in [0, 0.1) is 0 Å². The average Bonchev–Trinajstić information content (AvgIpc) is 2.83. The van der Waals surface area contributed by atoms with E-state index in [1.807, 2.05) is 0 Å². The van der Waals surface area contributed by atoms with Crippen molar-refractivity contribution in [3.8, 4) is 0 Å². The molecular formula is C14H26N4O2S. The molecule has 0 saturated carbocycles. The van der Waals surface area contributed by atoms with E-state index in [0.717, 1.165) is 19.3 Å². The summed E-state index contributed by atoms with van der Waals surface area (Å²) in [6.45, 7) is 7.55. The Morgan fingerprint density at radius 1 is 1.38 bits per heavy atom. The molecule has 2 rings (SSSR count). The summed E-state index contributed by atoms with van der Waals surface area (Å²) in [7, 11) is -1.81. The van der Waals surface area contributed by atoms with Gasteiger partial charge in [-0.25, -0.2) is 8.42 Å². The molecule has 0 aliphatic carbocycles. The molecule has 0 radical (unpaired) electrons. The predicted molar refractivity (Wildman–Crippen MR) is 82.5 cm³/mol. The molecule has 1 aliphatic heterocycles. The predicted octanol–water partition coefficient (Wildman–Crippen LogP) is 1.35. The van der Waals surface area contributed by atoms with Crippen LogP contribution in [0.3, 0.4) is 0 Å². The van der Waals surface area contributed by atoms with E-state index in [2.05, 4.69) is 31.2 Å². The van der Waals surface area contributed by atoms with E-state index in [1.54, 1.807) is 17.4 Å². The lowest BCUT2D eigenvalue weighted by Gasteiger charge is -2.36. The fourth-order valence-corrected chi connectivity index (χ4v) is 4.45. The van der Waals surface area contributed by atoms with Crippen LogP contribution in [-0.4, -0.2) is 47.2 Å². The van der Waals surface area contributed by atoms with Crippen molar-refractivity contribution in [1.82, 2.24) is 19.4 Å². The van der Waals surface area contributed by atoms with Gasteiger partial charge >= 0.3 is 0 Å². The zero-order chi connectivity index (χ0) is 15.7. The highest BCUT2D eigenvalue weighted by atomic mass is 32.2. The van der Waals surface area contributed by atoms with Crippen LogP contribution in [0.4, 0.5) is 0 Å². The Morgan fingerprint density at radius 3 is 2.67 bits per heavy atom. The standard InChI is InChI=1S/C14H26N4O2S/c1-14(2,3)15-11-12-7-5-6-10-18(12)21(19,20)13-8-9-16-17(13)4/h8-9,12,15H,5-7,10-11H2,1-4H3. The Labute approximate surface area is 127 Å². The molecule has 21 heavy (non-hydrogen) atoms. The van der Waals surface area contributed by atoms with Gasteiger partial charge in [-0.2, -0.15) is 9.40 Å². The first-order valence-electron chi connectivity index (χ1n) is 7.47. The highest BCUT2D eigenvalue weighted by Gasteiger charge is 2.35. The first kappa shape index (κ1) is 16.5. The third-order valence-electron chi connectivity index (χ3n) is 3.79. The molecule has 1 aromatic heterocycles. The molecule has 1 aromatic rings. The van der Waals surface area contributed by atoms with Gasteiger partial charge in [0.2, 0.25) is 0 Å². The van der Waals surface area contributed by atoms with Crippen molar-refractivity contribution in [2.45, 2.75) is 56.6 Å². The Kier molecular flexibility index (Phi) is 4.75. The Hall–Kier alpha value is -0.920. The fraction of sp³-hybridized carbons (Fsp3) is 0.786. The number of aromatic nitrogens is 2. The first-order valence-corrected chi connectivity index (χ1v) is 8.91. The van der Waals surface area contributed by atoms with Crippen molar-refractivity contribution in [1.29, 1.82) is 0 Å². The molecule has 7 heteroatoms. The van der Waals surface area contributed by atoms with E-state index in [4.69, 9.17) is 0 Å². The highest BCUT2D eigenvalue weighted by molar-refractivity contribution is 7.89. The van der Waals surface area contributed by atoms with Crippen LogP contribution >= 0.6 is 0 Å². The Balaban J connectivity index is 2.20. The number of nitrogens with zero attached hydrogens (tertiary/aromatic N) is 3. The third-order valence-corrected chi connectivity index (χ3v) is 5.82. The molecule has 1 fully saturated rings. The summed E-state index contributed by atoms with van der Waals surface area (Å²) >= 11 is 0. The number of piperidine rings is 1. The van der Waals surface area contributed by atoms with Gasteiger partial charge < -0.3 is 5.32 Å². The molecule has 1 unspecified atom stereocenters. The summed E-state index contributed by atoms with van der Waals surface area (Å²) in [5, 5.41) is 7.68. The summed E-state index contributed by atoms with van der Waals surface area (Å²) in [5.74, 6) is 0. The van der Waals surface area contributed by atoms with Crippen LogP contribution in [0.5, 0.6) is 0 Å². The number of rotatable bonds is 4. The number of aryl methyl sites for hydroxylation is 1. The largest absolute Gasteiger partial charge is 0.310 e. The number of nitrogens with one attached hydrogen (secondary N) is 1. The summed E-state index contributed by atoms with van der Waals surface area (Å²) in [4.78, 5) is 0. The molecule has 1 atom stereocenters. The topological polar surface area (TPSA) is 67.2 Å². The molecule has 120 valence electrons. The van der Waals surface area contributed by atoms with Crippen molar-refractivity contribution in [2.75, 3.05) is 13.1 Å². The zero-order valence-electron chi connectivity index (χ0n) is 13.3.